The molecule has 2 aliphatic heterocycles. The number of hydrogen-bond acceptors (Lipinski definition) is 4. The zero-order valence-electron chi connectivity index (χ0n) is 18.2. The Morgan fingerprint density at radius 1 is 0.731 bits per heavy atom. The van der Waals surface area contributed by atoms with Crippen LogP contribution in [-0.2, 0) is 18.6 Å². The SMILES string of the molecule is CC1(C)OB(CCC(B2OC(C)(C)C(C)(C)O2)C2CCCC2)OC1(C)C. The van der Waals surface area contributed by atoms with Crippen LogP contribution in [0.25, 0.3) is 0 Å². The fraction of sp³-hybridized carbons (Fsp3) is 1.00. The Balaban J connectivity index is 1.67. The molecule has 3 rings (SSSR count). The Labute approximate surface area is 161 Å². The van der Waals surface area contributed by atoms with Gasteiger partial charge in [-0.3, -0.25) is 0 Å². The lowest BCUT2D eigenvalue weighted by molar-refractivity contribution is 0.00578. The van der Waals surface area contributed by atoms with Gasteiger partial charge in [-0.1, -0.05) is 32.1 Å². The molecule has 6 heteroatoms. The second kappa shape index (κ2) is 6.79. The molecule has 1 atom stereocenters. The second-order valence-corrected chi connectivity index (χ2v) is 10.6. The highest BCUT2D eigenvalue weighted by atomic mass is 16.7. The molecular formula is C20H38B2O4. The van der Waals surface area contributed by atoms with E-state index in [1.54, 1.807) is 0 Å². The molecule has 0 radical (unpaired) electrons. The summed E-state index contributed by atoms with van der Waals surface area (Å²) in [6, 6.07) is 0. The second-order valence-electron chi connectivity index (χ2n) is 10.6. The molecule has 0 aromatic heterocycles. The average Bonchev–Trinajstić information content (AvgIpc) is 3.10. The van der Waals surface area contributed by atoms with Crippen molar-refractivity contribution in [2.75, 3.05) is 0 Å². The van der Waals surface area contributed by atoms with Gasteiger partial charge in [0.2, 0.25) is 0 Å². The Bertz CT molecular complexity index is 480. The predicted molar refractivity (Wildman–Crippen MR) is 107 cm³/mol. The van der Waals surface area contributed by atoms with Crippen LogP contribution in [0.2, 0.25) is 12.1 Å². The van der Waals surface area contributed by atoms with Crippen LogP contribution >= 0.6 is 0 Å². The molecule has 2 saturated heterocycles. The van der Waals surface area contributed by atoms with Gasteiger partial charge >= 0.3 is 14.2 Å². The van der Waals surface area contributed by atoms with E-state index >= 15 is 0 Å². The standard InChI is InChI=1S/C20H38B2O4/c1-17(2)18(3,4)24-21(23-17)14-13-16(15-11-9-10-12-15)22-25-19(5,6)20(7,8)26-22/h15-16H,9-14H2,1-8H3. The summed E-state index contributed by atoms with van der Waals surface area (Å²) in [5.41, 5.74) is -1.05. The van der Waals surface area contributed by atoms with Crippen LogP contribution in [0.15, 0.2) is 0 Å². The van der Waals surface area contributed by atoms with E-state index in [1.807, 2.05) is 0 Å². The van der Waals surface area contributed by atoms with E-state index in [4.69, 9.17) is 18.6 Å². The van der Waals surface area contributed by atoms with Crippen LogP contribution in [0.4, 0.5) is 0 Å². The van der Waals surface area contributed by atoms with Crippen molar-refractivity contribution in [2.24, 2.45) is 5.92 Å². The van der Waals surface area contributed by atoms with E-state index < -0.39 is 0 Å². The summed E-state index contributed by atoms with van der Waals surface area (Å²) >= 11 is 0. The van der Waals surface area contributed by atoms with Crippen LogP contribution in [0, 0.1) is 5.92 Å². The molecule has 0 aromatic carbocycles. The predicted octanol–water partition coefficient (Wildman–Crippen LogP) is 5.12. The molecule has 0 amide bonds. The van der Waals surface area contributed by atoms with Gasteiger partial charge < -0.3 is 18.6 Å². The van der Waals surface area contributed by atoms with Gasteiger partial charge in [-0.25, -0.2) is 0 Å². The summed E-state index contributed by atoms with van der Waals surface area (Å²) in [6.07, 6.45) is 7.17. The first-order valence-corrected chi connectivity index (χ1v) is 10.6. The van der Waals surface area contributed by atoms with Crippen molar-refractivity contribution in [3.8, 4) is 0 Å². The summed E-state index contributed by atoms with van der Waals surface area (Å²) in [6.45, 7) is 17.1. The molecule has 148 valence electrons. The summed E-state index contributed by atoms with van der Waals surface area (Å²) in [7, 11) is -0.253. The van der Waals surface area contributed by atoms with Gasteiger partial charge in [0.25, 0.3) is 0 Å². The maximum atomic E-state index is 6.43. The summed E-state index contributed by atoms with van der Waals surface area (Å²) in [4.78, 5) is 0. The van der Waals surface area contributed by atoms with Crippen molar-refractivity contribution < 1.29 is 18.6 Å². The van der Waals surface area contributed by atoms with Crippen molar-refractivity contribution in [1.82, 2.24) is 0 Å². The Hall–Kier alpha value is -0.0301. The molecule has 0 bridgehead atoms. The van der Waals surface area contributed by atoms with Crippen molar-refractivity contribution in [1.29, 1.82) is 0 Å². The molecule has 1 aliphatic carbocycles. The quantitative estimate of drug-likeness (QED) is 0.635. The Kier molecular flexibility index (Phi) is 5.40. The Morgan fingerprint density at radius 3 is 1.62 bits per heavy atom. The largest absolute Gasteiger partial charge is 0.461 e. The van der Waals surface area contributed by atoms with Gasteiger partial charge in [0, 0.05) is 0 Å². The third-order valence-electron chi connectivity index (χ3n) is 7.66. The van der Waals surface area contributed by atoms with Gasteiger partial charge in [-0.05, 0) is 73.4 Å². The normalized spacial score (nSPS) is 30.9. The molecule has 4 nitrogen and oxygen atoms in total. The summed E-state index contributed by atoms with van der Waals surface area (Å²) in [5.74, 6) is 1.10. The fourth-order valence-electron chi connectivity index (χ4n) is 4.45. The van der Waals surface area contributed by atoms with E-state index in [1.165, 1.54) is 25.7 Å². The lowest BCUT2D eigenvalue weighted by atomic mass is 9.60. The first-order valence-electron chi connectivity index (χ1n) is 10.6. The highest BCUT2D eigenvalue weighted by Crippen LogP contribution is 2.48. The minimum atomic E-state index is -0.265. The first-order chi connectivity index (χ1) is 11.8. The smallest absolute Gasteiger partial charge is 0.403 e. The van der Waals surface area contributed by atoms with Gasteiger partial charge in [0.1, 0.15) is 0 Å². The van der Waals surface area contributed by atoms with E-state index in [0.717, 1.165) is 12.7 Å². The first kappa shape index (κ1) is 20.7. The van der Waals surface area contributed by atoms with Crippen molar-refractivity contribution in [3.05, 3.63) is 0 Å². The van der Waals surface area contributed by atoms with Crippen LogP contribution in [0.1, 0.15) is 87.5 Å². The van der Waals surface area contributed by atoms with Crippen LogP contribution in [0.3, 0.4) is 0 Å². The monoisotopic (exact) mass is 364 g/mol. The zero-order valence-corrected chi connectivity index (χ0v) is 18.2. The molecular weight excluding hydrogens is 326 g/mol. The zero-order chi connectivity index (χ0) is 19.4. The molecule has 0 N–H and O–H groups in total. The summed E-state index contributed by atoms with van der Waals surface area (Å²) < 4.78 is 25.3. The number of hydrogen-bond donors (Lipinski definition) is 0. The highest BCUT2D eigenvalue weighted by molar-refractivity contribution is 6.49. The average molecular weight is 364 g/mol. The lowest BCUT2D eigenvalue weighted by Crippen LogP contribution is -2.41. The van der Waals surface area contributed by atoms with E-state index in [9.17, 15) is 0 Å². The van der Waals surface area contributed by atoms with Crippen molar-refractivity contribution >= 4 is 14.2 Å². The van der Waals surface area contributed by atoms with E-state index in [0.29, 0.717) is 11.7 Å². The topological polar surface area (TPSA) is 36.9 Å². The molecule has 0 aromatic rings. The molecule has 1 saturated carbocycles. The number of rotatable bonds is 5. The van der Waals surface area contributed by atoms with Crippen LogP contribution in [0.5, 0.6) is 0 Å². The van der Waals surface area contributed by atoms with Crippen LogP contribution in [-0.4, -0.2) is 36.6 Å². The summed E-state index contributed by atoms with van der Waals surface area (Å²) in [5, 5.41) is 0. The van der Waals surface area contributed by atoms with Gasteiger partial charge in [-0.2, -0.15) is 0 Å². The molecule has 3 aliphatic rings. The molecule has 3 fully saturated rings. The fourth-order valence-corrected chi connectivity index (χ4v) is 4.45. The van der Waals surface area contributed by atoms with Crippen LogP contribution < -0.4 is 0 Å². The maximum absolute atomic E-state index is 6.43. The third kappa shape index (κ3) is 3.76. The molecule has 2 heterocycles. The molecule has 1 unspecified atom stereocenters. The van der Waals surface area contributed by atoms with Crippen molar-refractivity contribution in [2.45, 2.75) is 122 Å². The lowest BCUT2D eigenvalue weighted by Gasteiger charge is -2.32. The minimum Gasteiger partial charge on any atom is -0.403 e. The van der Waals surface area contributed by atoms with Gasteiger partial charge in [-0.15, -0.1) is 0 Å². The van der Waals surface area contributed by atoms with E-state index in [-0.39, 0.29) is 36.6 Å². The van der Waals surface area contributed by atoms with Gasteiger partial charge in [0.05, 0.1) is 22.4 Å². The molecule has 26 heavy (non-hydrogen) atoms. The highest BCUT2D eigenvalue weighted by Gasteiger charge is 2.56. The van der Waals surface area contributed by atoms with Gasteiger partial charge in [0.15, 0.2) is 0 Å². The Morgan fingerprint density at radius 2 is 1.15 bits per heavy atom. The van der Waals surface area contributed by atoms with E-state index in [2.05, 4.69) is 55.4 Å². The maximum Gasteiger partial charge on any atom is 0.461 e. The minimum absolute atomic E-state index is 0.120. The third-order valence-corrected chi connectivity index (χ3v) is 7.66. The van der Waals surface area contributed by atoms with Crippen molar-refractivity contribution in [3.63, 3.8) is 0 Å². The molecule has 0 spiro atoms.